The highest BCUT2D eigenvalue weighted by Gasteiger charge is 2.31. The van der Waals surface area contributed by atoms with E-state index < -0.39 is 11.9 Å². The first-order valence-corrected chi connectivity index (χ1v) is 11.9. The van der Waals surface area contributed by atoms with Gasteiger partial charge in [0.15, 0.2) is 0 Å². The van der Waals surface area contributed by atoms with Crippen LogP contribution in [0.25, 0.3) is 0 Å². The van der Waals surface area contributed by atoms with Crippen LogP contribution in [0.4, 0.5) is 0 Å². The number of ether oxygens (including phenoxy) is 4. The molecule has 0 bridgehead atoms. The van der Waals surface area contributed by atoms with Crippen molar-refractivity contribution in [3.05, 3.63) is 94.9 Å². The van der Waals surface area contributed by atoms with Crippen LogP contribution in [-0.4, -0.2) is 19.2 Å². The third kappa shape index (κ3) is 5.28. The molecule has 3 aromatic carbocycles. The number of benzene rings is 3. The summed E-state index contributed by atoms with van der Waals surface area (Å²) in [4.78, 5) is 12.9. The van der Waals surface area contributed by atoms with Crippen LogP contribution in [0.5, 0.6) is 23.0 Å². The number of allylic oxidation sites excluding steroid dienone is 1. The molecule has 1 aliphatic heterocycles. The zero-order valence-electron chi connectivity index (χ0n) is 20.3. The number of carbonyl (C=O) groups is 1. The molecule has 36 heavy (non-hydrogen) atoms. The Morgan fingerprint density at radius 1 is 1.03 bits per heavy atom. The van der Waals surface area contributed by atoms with Crippen molar-refractivity contribution in [2.45, 2.75) is 32.6 Å². The summed E-state index contributed by atoms with van der Waals surface area (Å²) >= 11 is 0. The Kier molecular flexibility index (Phi) is 7.76. The zero-order valence-corrected chi connectivity index (χ0v) is 20.3. The predicted molar refractivity (Wildman–Crippen MR) is 135 cm³/mol. The summed E-state index contributed by atoms with van der Waals surface area (Å²) in [6, 6.07) is 21.8. The van der Waals surface area contributed by atoms with Gasteiger partial charge >= 0.3 is 5.97 Å². The molecule has 184 valence electrons. The Morgan fingerprint density at radius 3 is 2.64 bits per heavy atom. The fourth-order valence-corrected chi connectivity index (χ4v) is 4.04. The van der Waals surface area contributed by atoms with Gasteiger partial charge in [0.1, 0.15) is 40.2 Å². The number of nitrogens with zero attached hydrogens (tertiary/aromatic N) is 1. The highest BCUT2D eigenvalue weighted by molar-refractivity contribution is 5.94. The second kappa shape index (κ2) is 11.3. The van der Waals surface area contributed by atoms with Crippen molar-refractivity contribution in [1.29, 1.82) is 5.26 Å². The molecule has 0 radical (unpaired) electrons. The van der Waals surface area contributed by atoms with Crippen LogP contribution in [0.15, 0.2) is 78.2 Å². The van der Waals surface area contributed by atoms with Gasteiger partial charge in [-0.15, -0.1) is 0 Å². The van der Waals surface area contributed by atoms with Gasteiger partial charge in [-0.1, -0.05) is 43.7 Å². The van der Waals surface area contributed by atoms with Gasteiger partial charge in [-0.3, -0.25) is 0 Å². The van der Waals surface area contributed by atoms with Crippen molar-refractivity contribution in [1.82, 2.24) is 0 Å². The molecular weight excluding hydrogens is 456 g/mol. The number of nitriles is 1. The van der Waals surface area contributed by atoms with E-state index in [1.165, 1.54) is 0 Å². The molecule has 1 atom stereocenters. The topological polar surface area (TPSA) is 104 Å². The van der Waals surface area contributed by atoms with Crippen LogP contribution in [0.2, 0.25) is 0 Å². The lowest BCUT2D eigenvalue weighted by molar-refractivity contribution is 0.0730. The standard InChI is InChI=1S/C29H28N2O5/c1-3-5-15-34-25-12-7-6-11-23(25)29(32)35-21-13-14-22-26(17-21)36-28(31)24(18-30)27(22)19-9-8-10-20(16-19)33-4-2/h6-14,16-17,27H,3-5,15,31H2,1-2H3. The van der Waals surface area contributed by atoms with Gasteiger partial charge in [0.2, 0.25) is 5.88 Å². The predicted octanol–water partition coefficient (Wildman–Crippen LogP) is 5.70. The van der Waals surface area contributed by atoms with Gasteiger partial charge in [0.05, 0.1) is 19.1 Å². The number of unbranched alkanes of at least 4 members (excludes halogenated alkanes) is 1. The monoisotopic (exact) mass is 484 g/mol. The second-order valence-corrected chi connectivity index (χ2v) is 8.22. The molecule has 7 heteroatoms. The maximum absolute atomic E-state index is 12.9. The number of nitrogens with two attached hydrogens (primary N) is 1. The molecule has 2 N–H and O–H groups in total. The molecule has 1 unspecified atom stereocenters. The Morgan fingerprint density at radius 2 is 1.86 bits per heavy atom. The normalized spacial score (nSPS) is 14.3. The van der Waals surface area contributed by atoms with E-state index in [-0.39, 0.29) is 11.6 Å². The molecule has 7 nitrogen and oxygen atoms in total. The van der Waals surface area contributed by atoms with Gasteiger partial charge in [0, 0.05) is 11.6 Å². The number of fused-ring (bicyclic) bond motifs is 1. The van der Waals surface area contributed by atoms with Crippen LogP contribution >= 0.6 is 0 Å². The van der Waals surface area contributed by atoms with E-state index in [2.05, 4.69) is 13.0 Å². The summed E-state index contributed by atoms with van der Waals surface area (Å²) in [6.45, 7) is 5.03. The van der Waals surface area contributed by atoms with Gasteiger partial charge in [0.25, 0.3) is 0 Å². The van der Waals surface area contributed by atoms with Crippen LogP contribution in [-0.2, 0) is 0 Å². The molecule has 0 amide bonds. The molecule has 0 aliphatic carbocycles. The average molecular weight is 485 g/mol. The van der Waals surface area contributed by atoms with Crippen LogP contribution in [0.3, 0.4) is 0 Å². The number of hydrogen-bond donors (Lipinski definition) is 1. The molecule has 0 aromatic heterocycles. The summed E-state index contributed by atoms with van der Waals surface area (Å²) in [6.07, 6.45) is 1.88. The van der Waals surface area contributed by atoms with Gasteiger partial charge < -0.3 is 24.7 Å². The SMILES string of the molecule is CCCCOc1ccccc1C(=O)Oc1ccc2c(c1)OC(N)=C(C#N)C2c1cccc(OCC)c1. The number of hydrogen-bond acceptors (Lipinski definition) is 7. The van der Waals surface area contributed by atoms with Crippen molar-refractivity contribution in [2.75, 3.05) is 13.2 Å². The number of para-hydroxylation sites is 1. The number of rotatable bonds is 9. The number of esters is 1. The van der Waals surface area contributed by atoms with E-state index in [4.69, 9.17) is 24.7 Å². The van der Waals surface area contributed by atoms with Crippen LogP contribution < -0.4 is 24.7 Å². The van der Waals surface area contributed by atoms with Crippen molar-refractivity contribution >= 4 is 5.97 Å². The van der Waals surface area contributed by atoms with E-state index in [0.717, 1.165) is 24.0 Å². The first kappa shape index (κ1) is 24.7. The van der Waals surface area contributed by atoms with E-state index >= 15 is 0 Å². The fourth-order valence-electron chi connectivity index (χ4n) is 4.04. The quantitative estimate of drug-likeness (QED) is 0.236. The van der Waals surface area contributed by atoms with Crippen molar-refractivity contribution < 1.29 is 23.7 Å². The molecule has 0 spiro atoms. The maximum atomic E-state index is 12.9. The summed E-state index contributed by atoms with van der Waals surface area (Å²) in [7, 11) is 0. The molecule has 1 heterocycles. The third-order valence-corrected chi connectivity index (χ3v) is 5.77. The highest BCUT2D eigenvalue weighted by atomic mass is 16.5. The summed E-state index contributed by atoms with van der Waals surface area (Å²) in [5.41, 5.74) is 8.34. The lowest BCUT2D eigenvalue weighted by Gasteiger charge is -2.27. The minimum Gasteiger partial charge on any atom is -0.494 e. The fraction of sp³-hybridized carbons (Fsp3) is 0.241. The Hall–Kier alpha value is -4.44. The van der Waals surface area contributed by atoms with E-state index in [0.29, 0.717) is 41.6 Å². The Bertz CT molecular complexity index is 1330. The lowest BCUT2D eigenvalue weighted by Crippen LogP contribution is -2.21. The summed E-state index contributed by atoms with van der Waals surface area (Å²) in [5, 5.41) is 9.81. The first-order valence-electron chi connectivity index (χ1n) is 11.9. The minimum absolute atomic E-state index is 0.00922. The second-order valence-electron chi connectivity index (χ2n) is 8.22. The molecule has 1 aliphatic rings. The summed E-state index contributed by atoms with van der Waals surface area (Å²) in [5.74, 6) is 0.898. The molecule has 0 fully saturated rings. The van der Waals surface area contributed by atoms with Gasteiger partial charge in [-0.05, 0) is 49.2 Å². The number of carbonyl (C=O) groups excluding carboxylic acids is 1. The molecule has 0 saturated heterocycles. The van der Waals surface area contributed by atoms with Crippen LogP contribution in [0.1, 0.15) is 54.1 Å². The lowest BCUT2D eigenvalue weighted by atomic mass is 9.83. The average Bonchev–Trinajstić information content (AvgIpc) is 2.88. The molecule has 3 aromatic rings. The van der Waals surface area contributed by atoms with Gasteiger partial charge in [-0.25, -0.2) is 4.79 Å². The Labute approximate surface area is 210 Å². The summed E-state index contributed by atoms with van der Waals surface area (Å²) < 4.78 is 22.8. The van der Waals surface area contributed by atoms with E-state index in [1.54, 1.807) is 36.4 Å². The smallest absolute Gasteiger partial charge is 0.347 e. The van der Waals surface area contributed by atoms with Crippen molar-refractivity contribution in [2.24, 2.45) is 5.73 Å². The molecule has 4 rings (SSSR count). The van der Waals surface area contributed by atoms with E-state index in [1.807, 2.05) is 37.3 Å². The minimum atomic E-state index is -0.542. The van der Waals surface area contributed by atoms with Crippen molar-refractivity contribution in [3.63, 3.8) is 0 Å². The van der Waals surface area contributed by atoms with Gasteiger partial charge in [-0.2, -0.15) is 5.26 Å². The van der Waals surface area contributed by atoms with E-state index in [9.17, 15) is 10.1 Å². The first-order chi connectivity index (χ1) is 17.5. The third-order valence-electron chi connectivity index (χ3n) is 5.77. The molecule has 0 saturated carbocycles. The largest absolute Gasteiger partial charge is 0.494 e. The zero-order chi connectivity index (χ0) is 25.5. The molecular formula is C29H28N2O5. The Balaban J connectivity index is 1.63. The van der Waals surface area contributed by atoms with Crippen LogP contribution in [0, 0.1) is 11.3 Å². The maximum Gasteiger partial charge on any atom is 0.347 e. The highest BCUT2D eigenvalue weighted by Crippen LogP contribution is 2.44. The van der Waals surface area contributed by atoms with Crippen molar-refractivity contribution in [3.8, 4) is 29.1 Å².